The SMILES string of the molecule is CCOCCC1(CNC(=NC)NC2CCN(c3ccccc3OC)C2)CCCC1. The molecule has 1 saturated heterocycles. The summed E-state index contributed by atoms with van der Waals surface area (Å²) in [5.74, 6) is 1.85. The molecule has 0 amide bonds. The maximum atomic E-state index is 5.64. The van der Waals surface area contributed by atoms with E-state index in [9.17, 15) is 0 Å². The Balaban J connectivity index is 1.51. The fraction of sp³-hybridized carbons (Fsp3) is 0.696. The zero-order valence-corrected chi connectivity index (χ0v) is 18.4. The number of para-hydroxylation sites is 2. The molecule has 0 radical (unpaired) electrons. The molecule has 6 nitrogen and oxygen atoms in total. The molecule has 0 bridgehead atoms. The first-order valence-corrected chi connectivity index (χ1v) is 11.1. The van der Waals surface area contributed by atoms with Gasteiger partial charge in [0.05, 0.1) is 12.8 Å². The van der Waals surface area contributed by atoms with Crippen LogP contribution in [0.15, 0.2) is 29.3 Å². The monoisotopic (exact) mass is 402 g/mol. The van der Waals surface area contributed by atoms with Crippen molar-refractivity contribution in [3.63, 3.8) is 0 Å². The van der Waals surface area contributed by atoms with Crippen LogP contribution in [0.5, 0.6) is 5.75 Å². The van der Waals surface area contributed by atoms with Crippen molar-refractivity contribution in [1.29, 1.82) is 0 Å². The topological polar surface area (TPSA) is 58.1 Å². The van der Waals surface area contributed by atoms with Crippen LogP contribution in [0.25, 0.3) is 0 Å². The third kappa shape index (κ3) is 5.78. The summed E-state index contributed by atoms with van der Waals surface area (Å²) in [6.45, 7) is 6.69. The molecule has 162 valence electrons. The fourth-order valence-corrected chi connectivity index (χ4v) is 4.72. The predicted molar refractivity (Wildman–Crippen MR) is 120 cm³/mol. The van der Waals surface area contributed by atoms with E-state index in [1.165, 1.54) is 31.4 Å². The van der Waals surface area contributed by atoms with Gasteiger partial charge in [-0.1, -0.05) is 25.0 Å². The summed E-state index contributed by atoms with van der Waals surface area (Å²) < 4.78 is 11.2. The van der Waals surface area contributed by atoms with E-state index in [0.29, 0.717) is 11.5 Å². The van der Waals surface area contributed by atoms with Gasteiger partial charge >= 0.3 is 0 Å². The standard InChI is InChI=1S/C23H38N4O2/c1-4-29-16-14-23(12-7-8-13-23)18-25-22(24-2)26-19-11-15-27(17-19)20-9-5-6-10-21(20)28-3/h5-6,9-10,19H,4,7-8,11-18H2,1-3H3,(H2,24,25,26). The molecule has 3 rings (SSSR count). The highest BCUT2D eigenvalue weighted by Crippen LogP contribution is 2.40. The highest BCUT2D eigenvalue weighted by atomic mass is 16.5. The van der Waals surface area contributed by atoms with Crippen LogP contribution < -0.4 is 20.3 Å². The summed E-state index contributed by atoms with van der Waals surface area (Å²) in [4.78, 5) is 6.88. The van der Waals surface area contributed by atoms with Crippen LogP contribution in [0.4, 0.5) is 5.69 Å². The lowest BCUT2D eigenvalue weighted by Gasteiger charge is -2.30. The van der Waals surface area contributed by atoms with Crippen molar-refractivity contribution in [3.05, 3.63) is 24.3 Å². The molecule has 2 N–H and O–H groups in total. The molecule has 6 heteroatoms. The molecule has 2 fully saturated rings. The van der Waals surface area contributed by atoms with Crippen molar-refractivity contribution >= 4 is 11.6 Å². The lowest BCUT2D eigenvalue weighted by Crippen LogP contribution is -2.47. The minimum absolute atomic E-state index is 0.353. The van der Waals surface area contributed by atoms with Crippen LogP contribution in [0, 0.1) is 5.41 Å². The Bertz CT molecular complexity index is 658. The Morgan fingerprint density at radius 3 is 2.79 bits per heavy atom. The minimum atomic E-state index is 0.353. The molecule has 2 aliphatic rings. The van der Waals surface area contributed by atoms with Gasteiger partial charge in [0.2, 0.25) is 0 Å². The van der Waals surface area contributed by atoms with Gasteiger partial charge in [-0.15, -0.1) is 0 Å². The van der Waals surface area contributed by atoms with Crippen LogP contribution in [-0.2, 0) is 4.74 Å². The first-order valence-electron chi connectivity index (χ1n) is 11.1. The van der Waals surface area contributed by atoms with Gasteiger partial charge in [0, 0.05) is 45.9 Å². The quantitative estimate of drug-likeness (QED) is 0.377. The van der Waals surface area contributed by atoms with Gasteiger partial charge in [0.15, 0.2) is 5.96 Å². The van der Waals surface area contributed by atoms with E-state index in [4.69, 9.17) is 9.47 Å². The molecule has 1 saturated carbocycles. The van der Waals surface area contributed by atoms with E-state index in [0.717, 1.165) is 57.4 Å². The maximum Gasteiger partial charge on any atom is 0.191 e. The van der Waals surface area contributed by atoms with E-state index in [1.54, 1.807) is 7.11 Å². The molecule has 0 aromatic heterocycles. The fourth-order valence-electron chi connectivity index (χ4n) is 4.72. The first kappa shape index (κ1) is 21.8. The Kier molecular flexibility index (Phi) is 8.04. The zero-order valence-electron chi connectivity index (χ0n) is 18.4. The number of hydrogen-bond donors (Lipinski definition) is 2. The molecule has 29 heavy (non-hydrogen) atoms. The van der Waals surface area contributed by atoms with Crippen molar-refractivity contribution < 1.29 is 9.47 Å². The maximum absolute atomic E-state index is 5.64. The molecular formula is C23H38N4O2. The van der Waals surface area contributed by atoms with Gasteiger partial charge in [-0.3, -0.25) is 4.99 Å². The summed E-state index contributed by atoms with van der Waals surface area (Å²) in [5, 5.41) is 7.26. The van der Waals surface area contributed by atoms with Crippen molar-refractivity contribution in [1.82, 2.24) is 10.6 Å². The van der Waals surface area contributed by atoms with Crippen LogP contribution in [0.1, 0.15) is 45.4 Å². The molecule has 1 heterocycles. The molecule has 1 aliphatic carbocycles. The average Bonchev–Trinajstić information content (AvgIpc) is 3.41. The second-order valence-corrected chi connectivity index (χ2v) is 8.33. The highest BCUT2D eigenvalue weighted by molar-refractivity contribution is 5.80. The molecule has 1 aromatic carbocycles. The number of benzene rings is 1. The number of rotatable bonds is 9. The molecular weight excluding hydrogens is 364 g/mol. The molecule has 1 aliphatic heterocycles. The number of nitrogens with one attached hydrogen (secondary N) is 2. The Labute approximate surface area is 176 Å². The number of hydrogen-bond acceptors (Lipinski definition) is 4. The van der Waals surface area contributed by atoms with Crippen LogP contribution in [-0.4, -0.2) is 59.0 Å². The lowest BCUT2D eigenvalue weighted by molar-refractivity contribution is 0.105. The lowest BCUT2D eigenvalue weighted by atomic mass is 9.83. The zero-order chi connectivity index (χ0) is 20.5. The largest absolute Gasteiger partial charge is 0.495 e. The number of methoxy groups -OCH3 is 1. The van der Waals surface area contributed by atoms with Gasteiger partial charge in [0.1, 0.15) is 5.75 Å². The van der Waals surface area contributed by atoms with Crippen molar-refractivity contribution in [2.24, 2.45) is 10.4 Å². The van der Waals surface area contributed by atoms with Crippen LogP contribution in [0.2, 0.25) is 0 Å². The number of aliphatic imine (C=N–C) groups is 1. The van der Waals surface area contributed by atoms with Crippen LogP contribution in [0.3, 0.4) is 0 Å². The minimum Gasteiger partial charge on any atom is -0.495 e. The van der Waals surface area contributed by atoms with Gasteiger partial charge in [0.25, 0.3) is 0 Å². The van der Waals surface area contributed by atoms with Crippen molar-refractivity contribution in [2.45, 2.75) is 51.5 Å². The number of ether oxygens (including phenoxy) is 2. The van der Waals surface area contributed by atoms with E-state index in [1.807, 2.05) is 19.2 Å². The summed E-state index contributed by atoms with van der Waals surface area (Å²) in [6, 6.07) is 8.64. The van der Waals surface area contributed by atoms with Gasteiger partial charge in [-0.25, -0.2) is 0 Å². The Morgan fingerprint density at radius 2 is 2.07 bits per heavy atom. The van der Waals surface area contributed by atoms with E-state index in [2.05, 4.69) is 39.6 Å². The third-order valence-corrected chi connectivity index (χ3v) is 6.45. The average molecular weight is 403 g/mol. The summed E-state index contributed by atoms with van der Waals surface area (Å²) in [5.41, 5.74) is 1.52. The van der Waals surface area contributed by atoms with Crippen LogP contribution >= 0.6 is 0 Å². The second kappa shape index (κ2) is 10.7. The predicted octanol–water partition coefficient (Wildman–Crippen LogP) is 3.43. The van der Waals surface area contributed by atoms with Crippen molar-refractivity contribution in [2.75, 3.05) is 51.9 Å². The first-order chi connectivity index (χ1) is 14.2. The van der Waals surface area contributed by atoms with Gasteiger partial charge < -0.3 is 25.0 Å². The third-order valence-electron chi connectivity index (χ3n) is 6.45. The van der Waals surface area contributed by atoms with E-state index < -0.39 is 0 Å². The van der Waals surface area contributed by atoms with E-state index >= 15 is 0 Å². The molecule has 1 unspecified atom stereocenters. The second-order valence-electron chi connectivity index (χ2n) is 8.33. The Hall–Kier alpha value is -1.95. The highest BCUT2D eigenvalue weighted by Gasteiger charge is 2.34. The smallest absolute Gasteiger partial charge is 0.191 e. The molecule has 1 aromatic rings. The normalized spacial score (nSPS) is 21.4. The van der Waals surface area contributed by atoms with E-state index in [-0.39, 0.29) is 0 Å². The summed E-state index contributed by atoms with van der Waals surface area (Å²) in [6.07, 6.45) is 7.46. The van der Waals surface area contributed by atoms with Crippen molar-refractivity contribution in [3.8, 4) is 5.75 Å². The Morgan fingerprint density at radius 1 is 1.28 bits per heavy atom. The van der Waals surface area contributed by atoms with Gasteiger partial charge in [-0.05, 0) is 50.2 Å². The number of nitrogens with zero attached hydrogens (tertiary/aromatic N) is 2. The molecule has 0 spiro atoms. The van der Waals surface area contributed by atoms with Gasteiger partial charge in [-0.2, -0.15) is 0 Å². The molecule has 1 atom stereocenters. The summed E-state index contributed by atoms with van der Waals surface area (Å²) in [7, 11) is 3.60. The number of anilines is 1. The number of guanidine groups is 1. The summed E-state index contributed by atoms with van der Waals surface area (Å²) >= 11 is 0.